The monoisotopic (exact) mass is 393 g/mol. The first-order chi connectivity index (χ1) is 13.3. The molecule has 0 aliphatic heterocycles. The van der Waals surface area contributed by atoms with Gasteiger partial charge in [-0.05, 0) is 69.3 Å². The lowest BCUT2D eigenvalue weighted by molar-refractivity contribution is -0.142. The van der Waals surface area contributed by atoms with Crippen molar-refractivity contribution in [3.63, 3.8) is 0 Å². The summed E-state index contributed by atoms with van der Waals surface area (Å²) >= 11 is 0. The Bertz CT molecular complexity index is 915. The van der Waals surface area contributed by atoms with Gasteiger partial charge in [0.15, 0.2) is 11.3 Å². The van der Waals surface area contributed by atoms with E-state index in [0.717, 1.165) is 23.8 Å². The molecule has 28 heavy (non-hydrogen) atoms. The topological polar surface area (TPSA) is 56.5 Å². The molecular weight excluding hydrogens is 371 g/mol. The molecule has 4 saturated carbocycles. The van der Waals surface area contributed by atoms with Gasteiger partial charge in [-0.15, -0.1) is 0 Å². The summed E-state index contributed by atoms with van der Waals surface area (Å²) in [6, 6.07) is 2.47. The number of hydrogen-bond acceptors (Lipinski definition) is 4. The van der Waals surface area contributed by atoms with Crippen molar-refractivity contribution in [2.75, 3.05) is 6.61 Å². The third-order valence-electron chi connectivity index (χ3n) is 6.78. The highest BCUT2D eigenvalue weighted by molar-refractivity contribution is 5.88. The fourth-order valence-electron chi connectivity index (χ4n) is 6.18. The summed E-state index contributed by atoms with van der Waals surface area (Å²) in [5.41, 5.74) is -0.725. The van der Waals surface area contributed by atoms with Gasteiger partial charge < -0.3 is 4.74 Å². The first-order valence-electron chi connectivity index (χ1n) is 9.93. The highest BCUT2D eigenvalue weighted by Crippen LogP contribution is 2.60. The summed E-state index contributed by atoms with van der Waals surface area (Å²) in [7, 11) is 0. The molecule has 0 saturated heterocycles. The minimum absolute atomic E-state index is 0.0589. The predicted octanol–water partition coefficient (Wildman–Crippen LogP) is 4.39. The van der Waals surface area contributed by atoms with Crippen LogP contribution < -0.4 is 0 Å². The number of rotatable bonds is 3. The van der Waals surface area contributed by atoms with Gasteiger partial charge in [-0.25, -0.2) is 14.3 Å². The summed E-state index contributed by atoms with van der Waals surface area (Å²) < 4.78 is 47.1. The third-order valence-corrected chi connectivity index (χ3v) is 6.78. The van der Waals surface area contributed by atoms with Gasteiger partial charge in [-0.1, -0.05) is 0 Å². The number of halogens is 3. The zero-order valence-corrected chi connectivity index (χ0v) is 15.6. The summed E-state index contributed by atoms with van der Waals surface area (Å²) in [4.78, 5) is 16.6. The molecular formula is C20H22F3N3O2. The number of aromatic nitrogens is 3. The van der Waals surface area contributed by atoms with Crippen molar-refractivity contribution < 1.29 is 22.7 Å². The van der Waals surface area contributed by atoms with Crippen LogP contribution in [0.3, 0.4) is 0 Å². The molecule has 0 spiro atoms. The second kappa shape index (κ2) is 5.94. The smallest absolute Gasteiger partial charge is 0.433 e. The number of alkyl halides is 3. The zero-order chi connectivity index (χ0) is 19.7. The fraction of sp³-hybridized carbons (Fsp3) is 0.650. The molecule has 150 valence electrons. The van der Waals surface area contributed by atoms with Crippen LogP contribution in [0.5, 0.6) is 0 Å². The molecule has 8 heteroatoms. The van der Waals surface area contributed by atoms with Gasteiger partial charge in [-0.2, -0.15) is 18.3 Å². The van der Waals surface area contributed by atoms with E-state index in [1.165, 1.54) is 31.4 Å². The molecule has 4 aliphatic carbocycles. The van der Waals surface area contributed by atoms with E-state index >= 15 is 0 Å². The van der Waals surface area contributed by atoms with E-state index < -0.39 is 17.8 Å². The number of fused-ring (bicyclic) bond motifs is 1. The van der Waals surface area contributed by atoms with E-state index in [1.807, 2.05) is 0 Å². The Hall–Kier alpha value is -2.12. The molecule has 2 aromatic rings. The van der Waals surface area contributed by atoms with Crippen molar-refractivity contribution >= 4 is 11.6 Å². The molecule has 0 radical (unpaired) electrons. The Morgan fingerprint density at radius 2 is 1.79 bits per heavy atom. The van der Waals surface area contributed by atoms with Gasteiger partial charge in [0, 0.05) is 11.5 Å². The van der Waals surface area contributed by atoms with Crippen molar-refractivity contribution in [3.05, 3.63) is 29.2 Å². The Morgan fingerprint density at radius 3 is 2.32 bits per heavy atom. The molecule has 0 amide bonds. The normalized spacial score (nSPS) is 31.5. The molecule has 0 unspecified atom stereocenters. The molecule has 5 nitrogen and oxygen atoms in total. The standard InChI is InChI=1S/C20H22F3N3O2/c1-2-28-18(27)14-6-17-24-15(7-16(20(21,22)23)26(17)25-14)19-8-11-3-12(9-19)5-13(4-11)10-19/h6-7,11-13H,2-5,8-10H2,1H3. The molecule has 2 heterocycles. The van der Waals surface area contributed by atoms with Crippen LogP contribution >= 0.6 is 0 Å². The average Bonchev–Trinajstić information content (AvgIpc) is 3.03. The first kappa shape index (κ1) is 17.9. The van der Waals surface area contributed by atoms with E-state index in [1.54, 1.807) is 6.92 Å². The molecule has 0 aromatic carbocycles. The van der Waals surface area contributed by atoms with Crippen LogP contribution in [0.15, 0.2) is 12.1 Å². The molecule has 4 bridgehead atoms. The molecule has 6 rings (SSSR count). The van der Waals surface area contributed by atoms with E-state index in [2.05, 4.69) is 10.1 Å². The SMILES string of the molecule is CCOC(=O)c1cc2nc(C34CC5CC(CC(C5)C3)C4)cc(C(F)(F)F)n2n1. The summed E-state index contributed by atoms with van der Waals surface area (Å²) in [6.45, 7) is 1.77. The van der Waals surface area contributed by atoms with E-state index in [-0.39, 0.29) is 23.4 Å². The van der Waals surface area contributed by atoms with Crippen LogP contribution in [0.25, 0.3) is 5.65 Å². The maximum atomic E-state index is 13.8. The van der Waals surface area contributed by atoms with Crippen molar-refractivity contribution in [1.82, 2.24) is 14.6 Å². The minimum atomic E-state index is -4.59. The Kier molecular flexibility index (Phi) is 3.81. The first-order valence-corrected chi connectivity index (χ1v) is 9.93. The van der Waals surface area contributed by atoms with Crippen LogP contribution in [0, 0.1) is 17.8 Å². The summed E-state index contributed by atoms with van der Waals surface area (Å²) in [6.07, 6.45) is 1.76. The second-order valence-corrected chi connectivity index (χ2v) is 8.74. The number of ether oxygens (including phenoxy) is 1. The number of esters is 1. The maximum Gasteiger partial charge on any atom is 0.433 e. The Morgan fingerprint density at radius 1 is 1.18 bits per heavy atom. The molecule has 0 atom stereocenters. The average molecular weight is 393 g/mol. The molecule has 4 aliphatic rings. The fourth-order valence-corrected chi connectivity index (χ4v) is 6.18. The Labute approximate surface area is 160 Å². The van der Waals surface area contributed by atoms with Crippen molar-refractivity contribution in [2.24, 2.45) is 17.8 Å². The van der Waals surface area contributed by atoms with Crippen molar-refractivity contribution in [2.45, 2.75) is 57.0 Å². The highest BCUT2D eigenvalue weighted by atomic mass is 19.4. The van der Waals surface area contributed by atoms with Gasteiger partial charge in [0.05, 0.1) is 12.3 Å². The lowest BCUT2D eigenvalue weighted by atomic mass is 9.49. The quantitative estimate of drug-likeness (QED) is 0.726. The van der Waals surface area contributed by atoms with Gasteiger partial charge in [0.1, 0.15) is 5.69 Å². The van der Waals surface area contributed by atoms with Gasteiger partial charge >= 0.3 is 12.1 Å². The third kappa shape index (κ3) is 2.71. The highest BCUT2D eigenvalue weighted by Gasteiger charge is 2.53. The molecule has 4 fully saturated rings. The van der Waals surface area contributed by atoms with Crippen LogP contribution in [-0.4, -0.2) is 27.2 Å². The van der Waals surface area contributed by atoms with Crippen molar-refractivity contribution in [3.8, 4) is 0 Å². The number of carbonyl (C=O) groups excluding carboxylic acids is 1. The summed E-state index contributed by atoms with van der Waals surface area (Å²) in [5, 5.41) is 3.84. The van der Waals surface area contributed by atoms with Gasteiger partial charge in [0.2, 0.25) is 0 Å². The molecule has 0 N–H and O–H groups in total. The van der Waals surface area contributed by atoms with E-state index in [4.69, 9.17) is 4.74 Å². The number of hydrogen-bond donors (Lipinski definition) is 0. The van der Waals surface area contributed by atoms with Gasteiger partial charge in [-0.3, -0.25) is 0 Å². The predicted molar refractivity (Wildman–Crippen MR) is 93.8 cm³/mol. The van der Waals surface area contributed by atoms with Crippen LogP contribution in [-0.2, 0) is 16.3 Å². The van der Waals surface area contributed by atoms with Crippen LogP contribution in [0.1, 0.15) is 67.3 Å². The Balaban J connectivity index is 1.65. The maximum absolute atomic E-state index is 13.8. The largest absolute Gasteiger partial charge is 0.461 e. The molecule has 2 aromatic heterocycles. The zero-order valence-electron chi connectivity index (χ0n) is 15.6. The van der Waals surface area contributed by atoms with Crippen molar-refractivity contribution in [1.29, 1.82) is 0 Å². The van der Waals surface area contributed by atoms with Crippen LogP contribution in [0.2, 0.25) is 0 Å². The van der Waals surface area contributed by atoms with Gasteiger partial charge in [0.25, 0.3) is 0 Å². The number of carbonyl (C=O) groups is 1. The second-order valence-electron chi connectivity index (χ2n) is 8.74. The van der Waals surface area contributed by atoms with E-state index in [0.29, 0.717) is 23.4 Å². The van der Waals surface area contributed by atoms with Crippen LogP contribution in [0.4, 0.5) is 13.2 Å². The lowest BCUT2D eigenvalue weighted by Crippen LogP contribution is -2.49. The van der Waals surface area contributed by atoms with E-state index in [9.17, 15) is 18.0 Å². The summed E-state index contributed by atoms with van der Waals surface area (Å²) in [5.74, 6) is 1.05. The number of nitrogens with zero attached hydrogens (tertiary/aromatic N) is 3. The minimum Gasteiger partial charge on any atom is -0.461 e. The lowest BCUT2D eigenvalue weighted by Gasteiger charge is -2.56.